The highest BCUT2D eigenvalue weighted by Crippen LogP contribution is 2.39. The molecule has 2 aliphatic rings. The minimum absolute atomic E-state index is 0.0136. The van der Waals surface area contributed by atoms with E-state index < -0.39 is 23.8 Å². The number of tetrazole rings is 1. The van der Waals surface area contributed by atoms with Gasteiger partial charge in [0.2, 0.25) is 5.91 Å². The quantitative estimate of drug-likeness (QED) is 0.635. The summed E-state index contributed by atoms with van der Waals surface area (Å²) in [6.07, 6.45) is 1.29. The number of β-lactam (4-membered cyclic amide) rings is 1. The average molecular weight is 324 g/mol. The van der Waals surface area contributed by atoms with Gasteiger partial charge in [-0.2, -0.15) is 0 Å². The van der Waals surface area contributed by atoms with Crippen LogP contribution in [0.3, 0.4) is 0 Å². The number of fused-ring (bicyclic) bond motifs is 1. The van der Waals surface area contributed by atoms with E-state index in [4.69, 9.17) is 0 Å². The van der Waals surface area contributed by atoms with Gasteiger partial charge >= 0.3 is 5.97 Å². The zero-order valence-corrected chi connectivity index (χ0v) is 12.3. The Labute approximate surface area is 128 Å². The molecule has 0 bridgehead atoms. The third-order valence-corrected chi connectivity index (χ3v) is 4.80. The van der Waals surface area contributed by atoms with Gasteiger partial charge in [-0.05, 0) is 22.9 Å². The largest absolute Gasteiger partial charge is 0.477 e. The molecule has 0 saturated carbocycles. The first-order valence-corrected chi connectivity index (χ1v) is 7.41. The molecule has 2 atom stereocenters. The highest BCUT2D eigenvalue weighted by molar-refractivity contribution is 8.00. The molecule has 22 heavy (non-hydrogen) atoms. The fraction of sp³-hybridized carbons (Fsp3) is 0.455. The molecule has 116 valence electrons. The Bertz CT molecular complexity index is 672. The molecule has 1 aromatic heterocycles. The van der Waals surface area contributed by atoms with Crippen molar-refractivity contribution in [2.75, 3.05) is 5.75 Å². The smallest absolute Gasteiger partial charge is 0.352 e. The van der Waals surface area contributed by atoms with E-state index in [0.717, 1.165) is 0 Å². The zero-order valence-electron chi connectivity index (χ0n) is 11.5. The van der Waals surface area contributed by atoms with E-state index in [9.17, 15) is 19.5 Å². The number of amides is 2. The molecular weight excluding hydrogens is 312 g/mol. The molecule has 10 nitrogen and oxygen atoms in total. The summed E-state index contributed by atoms with van der Waals surface area (Å²) in [5.41, 5.74) is 0.653. The Morgan fingerprint density at radius 1 is 1.55 bits per heavy atom. The molecule has 2 aliphatic heterocycles. The van der Waals surface area contributed by atoms with Crippen LogP contribution in [0.5, 0.6) is 0 Å². The average Bonchev–Trinajstić information content (AvgIpc) is 2.97. The molecule has 1 unspecified atom stereocenters. The SMILES string of the molecule is CC1=C(C(=O)O)N2C(=O)C(NC(=O)Cn3cnnn3)[C@@H]2SC1. The lowest BCUT2D eigenvalue weighted by atomic mass is 10.0. The van der Waals surface area contributed by atoms with Crippen molar-refractivity contribution in [3.63, 3.8) is 0 Å². The predicted octanol–water partition coefficient (Wildman–Crippen LogP) is -1.57. The standard InChI is InChI=1S/C11H12N6O4S/c1-5-3-22-10-7(9(19)17(10)8(5)11(20)21)13-6(18)2-16-4-12-14-15-16/h4,7,10H,2-3H2,1H3,(H,13,18)(H,20,21)/t7?,10-/m0/s1. The molecule has 0 radical (unpaired) electrons. The second-order valence-corrected chi connectivity index (χ2v) is 6.00. The Kier molecular flexibility index (Phi) is 3.56. The van der Waals surface area contributed by atoms with E-state index in [1.807, 2.05) is 0 Å². The molecule has 0 aromatic carbocycles. The van der Waals surface area contributed by atoms with E-state index in [1.165, 1.54) is 27.7 Å². The fourth-order valence-corrected chi connectivity index (χ4v) is 3.69. The monoisotopic (exact) mass is 324 g/mol. The first-order chi connectivity index (χ1) is 10.5. The highest BCUT2D eigenvalue weighted by Gasteiger charge is 2.53. The van der Waals surface area contributed by atoms with E-state index in [0.29, 0.717) is 11.3 Å². The normalized spacial score (nSPS) is 23.9. The minimum atomic E-state index is -1.13. The number of aromatic nitrogens is 4. The van der Waals surface area contributed by atoms with Crippen LogP contribution in [-0.2, 0) is 20.9 Å². The van der Waals surface area contributed by atoms with Gasteiger partial charge in [0.05, 0.1) is 0 Å². The van der Waals surface area contributed by atoms with Crippen LogP contribution in [0.1, 0.15) is 6.92 Å². The molecule has 0 aliphatic carbocycles. The van der Waals surface area contributed by atoms with Crippen molar-refractivity contribution in [1.82, 2.24) is 30.4 Å². The number of hydrogen-bond acceptors (Lipinski definition) is 7. The van der Waals surface area contributed by atoms with Gasteiger partial charge in [0.15, 0.2) is 0 Å². The number of hydrogen-bond donors (Lipinski definition) is 2. The van der Waals surface area contributed by atoms with Crippen LogP contribution in [0, 0.1) is 0 Å². The summed E-state index contributed by atoms with van der Waals surface area (Å²) in [7, 11) is 0. The summed E-state index contributed by atoms with van der Waals surface area (Å²) in [5, 5.41) is 21.8. The summed E-state index contributed by atoms with van der Waals surface area (Å²) >= 11 is 1.43. The number of thioether (sulfide) groups is 1. The summed E-state index contributed by atoms with van der Waals surface area (Å²) in [4.78, 5) is 36.5. The van der Waals surface area contributed by atoms with E-state index in [-0.39, 0.29) is 17.6 Å². The van der Waals surface area contributed by atoms with E-state index in [1.54, 1.807) is 6.92 Å². The third kappa shape index (κ3) is 2.32. The van der Waals surface area contributed by atoms with Crippen LogP contribution >= 0.6 is 11.8 Å². The maximum Gasteiger partial charge on any atom is 0.352 e. The molecule has 1 aromatic rings. The number of aliphatic carboxylic acids is 1. The van der Waals surface area contributed by atoms with Gasteiger partial charge in [0, 0.05) is 5.75 Å². The van der Waals surface area contributed by atoms with E-state index >= 15 is 0 Å². The number of nitrogens with zero attached hydrogens (tertiary/aromatic N) is 5. The number of carboxylic acids is 1. The van der Waals surface area contributed by atoms with Crippen molar-refractivity contribution in [3.8, 4) is 0 Å². The first-order valence-electron chi connectivity index (χ1n) is 6.37. The molecule has 1 saturated heterocycles. The lowest BCUT2D eigenvalue weighted by molar-refractivity contribution is -0.150. The van der Waals surface area contributed by atoms with Gasteiger partial charge in [0.1, 0.15) is 30.0 Å². The van der Waals surface area contributed by atoms with E-state index in [2.05, 4.69) is 20.8 Å². The number of rotatable bonds is 4. The zero-order chi connectivity index (χ0) is 15.9. The molecular formula is C11H12N6O4S. The summed E-state index contributed by atoms with van der Waals surface area (Å²) in [6.45, 7) is 1.58. The molecule has 0 spiro atoms. The van der Waals surface area contributed by atoms with Crippen LogP contribution in [0.15, 0.2) is 17.6 Å². The van der Waals surface area contributed by atoms with Crippen LogP contribution in [0.25, 0.3) is 0 Å². The molecule has 2 N–H and O–H groups in total. The topological polar surface area (TPSA) is 130 Å². The van der Waals surface area contributed by atoms with Crippen molar-refractivity contribution in [2.24, 2.45) is 0 Å². The molecule has 2 amide bonds. The Hall–Kier alpha value is -2.43. The predicted molar refractivity (Wildman–Crippen MR) is 73.2 cm³/mol. The van der Waals surface area contributed by atoms with Crippen molar-refractivity contribution in [2.45, 2.75) is 24.9 Å². The molecule has 3 rings (SSSR count). The Morgan fingerprint density at radius 3 is 2.95 bits per heavy atom. The Balaban J connectivity index is 1.68. The van der Waals surface area contributed by atoms with Crippen LogP contribution in [0.4, 0.5) is 0 Å². The maximum atomic E-state index is 12.1. The second-order valence-electron chi connectivity index (χ2n) is 4.90. The number of nitrogens with one attached hydrogen (secondary N) is 1. The van der Waals surface area contributed by atoms with Gasteiger partial charge in [-0.1, -0.05) is 0 Å². The van der Waals surface area contributed by atoms with Gasteiger partial charge in [-0.25, -0.2) is 9.48 Å². The highest BCUT2D eigenvalue weighted by atomic mass is 32.2. The van der Waals surface area contributed by atoms with Crippen LogP contribution in [-0.4, -0.2) is 65.2 Å². The minimum Gasteiger partial charge on any atom is -0.477 e. The van der Waals surface area contributed by atoms with Crippen LogP contribution < -0.4 is 5.32 Å². The van der Waals surface area contributed by atoms with Crippen molar-refractivity contribution in [1.29, 1.82) is 0 Å². The third-order valence-electron chi connectivity index (χ3n) is 3.37. The molecule has 3 heterocycles. The van der Waals surface area contributed by atoms with Gasteiger partial charge in [-0.15, -0.1) is 16.9 Å². The van der Waals surface area contributed by atoms with Gasteiger partial charge < -0.3 is 10.4 Å². The summed E-state index contributed by atoms with van der Waals surface area (Å²) in [5.74, 6) is -1.45. The number of carbonyl (C=O) groups is 3. The molecule has 1 fully saturated rings. The van der Waals surface area contributed by atoms with Gasteiger partial charge in [0.25, 0.3) is 5.91 Å². The number of carbonyl (C=O) groups excluding carboxylic acids is 2. The summed E-state index contributed by atoms with van der Waals surface area (Å²) in [6, 6.07) is -0.726. The van der Waals surface area contributed by atoms with Crippen molar-refractivity contribution in [3.05, 3.63) is 17.6 Å². The van der Waals surface area contributed by atoms with Gasteiger partial charge in [-0.3, -0.25) is 14.5 Å². The lowest BCUT2D eigenvalue weighted by Gasteiger charge is -2.49. The summed E-state index contributed by atoms with van der Waals surface area (Å²) < 4.78 is 1.23. The second kappa shape index (κ2) is 5.40. The molecule has 11 heteroatoms. The van der Waals surface area contributed by atoms with Crippen LogP contribution in [0.2, 0.25) is 0 Å². The van der Waals surface area contributed by atoms with Crippen molar-refractivity contribution < 1.29 is 19.5 Å². The fourth-order valence-electron chi connectivity index (χ4n) is 2.39. The lowest BCUT2D eigenvalue weighted by Crippen LogP contribution is -2.70. The Morgan fingerprint density at radius 2 is 2.32 bits per heavy atom. The van der Waals surface area contributed by atoms with Crippen molar-refractivity contribution >= 4 is 29.5 Å². The maximum absolute atomic E-state index is 12.1. The number of carboxylic acid groups (broad SMARTS) is 1. The first kappa shape index (κ1) is 14.5.